The van der Waals surface area contributed by atoms with E-state index in [2.05, 4.69) is 10.3 Å². The van der Waals surface area contributed by atoms with Crippen molar-refractivity contribution in [3.63, 3.8) is 0 Å². The number of nitrogens with zero attached hydrogens (tertiary/aromatic N) is 2. The zero-order valence-electron chi connectivity index (χ0n) is 11.1. The number of hydrogen-bond donors (Lipinski definition) is 1. The van der Waals surface area contributed by atoms with Gasteiger partial charge in [0.25, 0.3) is 0 Å². The van der Waals surface area contributed by atoms with E-state index >= 15 is 0 Å². The highest BCUT2D eigenvalue weighted by atomic mass is 19.1. The molecule has 2 aromatic carbocycles. The Morgan fingerprint density at radius 3 is 2.76 bits per heavy atom. The number of imidazole rings is 1. The largest absolute Gasteiger partial charge is 0.379 e. The zero-order valence-corrected chi connectivity index (χ0v) is 11.1. The maximum absolute atomic E-state index is 13.6. The Morgan fingerprint density at radius 2 is 1.95 bits per heavy atom. The second kappa shape index (κ2) is 5.75. The summed E-state index contributed by atoms with van der Waals surface area (Å²) < 4.78 is 28.6. The molecule has 3 rings (SSSR count). The van der Waals surface area contributed by atoms with Gasteiger partial charge in [0.1, 0.15) is 11.6 Å². The van der Waals surface area contributed by atoms with Crippen molar-refractivity contribution in [2.75, 3.05) is 5.32 Å². The molecule has 0 amide bonds. The van der Waals surface area contributed by atoms with Gasteiger partial charge >= 0.3 is 0 Å². The minimum absolute atomic E-state index is 0.204. The lowest BCUT2D eigenvalue weighted by Crippen LogP contribution is -2.05. The van der Waals surface area contributed by atoms with E-state index in [1.165, 1.54) is 6.07 Å². The average molecular weight is 285 g/mol. The van der Waals surface area contributed by atoms with Crippen LogP contribution in [0.25, 0.3) is 5.69 Å². The van der Waals surface area contributed by atoms with Crippen LogP contribution in [0.4, 0.5) is 14.5 Å². The molecule has 0 atom stereocenters. The van der Waals surface area contributed by atoms with E-state index in [0.29, 0.717) is 0 Å². The molecular weight excluding hydrogens is 272 g/mol. The molecule has 1 aromatic heterocycles. The molecule has 1 heterocycles. The second-order valence-electron chi connectivity index (χ2n) is 4.58. The molecular formula is C16H13F2N3. The van der Waals surface area contributed by atoms with Crippen molar-refractivity contribution in [3.8, 4) is 5.69 Å². The summed E-state index contributed by atoms with van der Waals surface area (Å²) in [7, 11) is 0. The first kappa shape index (κ1) is 13.3. The van der Waals surface area contributed by atoms with Crippen LogP contribution in [0.3, 0.4) is 0 Å². The van der Waals surface area contributed by atoms with E-state index in [-0.39, 0.29) is 12.1 Å². The number of nitrogens with one attached hydrogen (secondary N) is 1. The quantitative estimate of drug-likeness (QED) is 0.791. The summed E-state index contributed by atoms with van der Waals surface area (Å²) in [6.07, 6.45) is 5.19. The summed E-state index contributed by atoms with van der Waals surface area (Å²) in [5.41, 5.74) is 2.00. The standard InChI is InChI=1S/C16H13F2N3/c17-13-5-6-14(18)12(9-13)10-20-15-3-1-2-4-16(15)21-8-7-19-11-21/h1-9,11,20H,10H2. The Balaban J connectivity index is 1.84. The van der Waals surface area contributed by atoms with Crippen molar-refractivity contribution in [2.24, 2.45) is 0 Å². The van der Waals surface area contributed by atoms with Gasteiger partial charge in [0.2, 0.25) is 0 Å². The summed E-state index contributed by atoms with van der Waals surface area (Å²) in [6, 6.07) is 11.0. The predicted octanol–water partition coefficient (Wildman–Crippen LogP) is 3.76. The van der Waals surface area contributed by atoms with Crippen molar-refractivity contribution >= 4 is 5.69 Å². The van der Waals surface area contributed by atoms with Crippen LogP contribution < -0.4 is 5.32 Å². The summed E-state index contributed by atoms with van der Waals surface area (Å²) in [6.45, 7) is 0.204. The van der Waals surface area contributed by atoms with Gasteiger partial charge in [-0.3, -0.25) is 0 Å². The minimum atomic E-state index is -0.448. The molecule has 0 spiro atoms. The molecule has 0 fully saturated rings. The molecule has 0 saturated heterocycles. The van der Waals surface area contributed by atoms with E-state index in [1.54, 1.807) is 12.5 Å². The van der Waals surface area contributed by atoms with Crippen LogP contribution in [-0.4, -0.2) is 9.55 Å². The predicted molar refractivity (Wildman–Crippen MR) is 77.2 cm³/mol. The molecule has 0 radical (unpaired) electrons. The van der Waals surface area contributed by atoms with E-state index < -0.39 is 11.6 Å². The molecule has 3 aromatic rings. The zero-order chi connectivity index (χ0) is 14.7. The number of halogens is 2. The van der Waals surface area contributed by atoms with Crippen LogP contribution in [0.15, 0.2) is 61.2 Å². The molecule has 106 valence electrons. The third-order valence-electron chi connectivity index (χ3n) is 3.16. The molecule has 0 unspecified atom stereocenters. The first-order chi connectivity index (χ1) is 10.2. The fourth-order valence-corrected chi connectivity index (χ4v) is 2.12. The molecule has 0 bridgehead atoms. The SMILES string of the molecule is Fc1ccc(F)c(CNc2ccccc2-n2ccnc2)c1. The monoisotopic (exact) mass is 285 g/mol. The van der Waals surface area contributed by atoms with Crippen molar-refractivity contribution in [1.29, 1.82) is 0 Å². The lowest BCUT2D eigenvalue weighted by molar-refractivity contribution is 0.587. The maximum atomic E-state index is 13.6. The number of benzene rings is 2. The van der Waals surface area contributed by atoms with Crippen LogP contribution >= 0.6 is 0 Å². The van der Waals surface area contributed by atoms with Crippen molar-refractivity contribution in [3.05, 3.63) is 78.4 Å². The highest BCUT2D eigenvalue weighted by Gasteiger charge is 2.06. The van der Waals surface area contributed by atoms with Gasteiger partial charge in [0, 0.05) is 24.5 Å². The van der Waals surface area contributed by atoms with E-state index in [0.717, 1.165) is 23.5 Å². The molecule has 0 aliphatic carbocycles. The normalized spacial score (nSPS) is 10.6. The van der Waals surface area contributed by atoms with Gasteiger partial charge in [-0.05, 0) is 30.3 Å². The lowest BCUT2D eigenvalue weighted by Gasteiger charge is -2.13. The molecule has 0 aliphatic heterocycles. The van der Waals surface area contributed by atoms with Crippen molar-refractivity contribution in [1.82, 2.24) is 9.55 Å². The Labute approximate surface area is 120 Å². The summed E-state index contributed by atoms with van der Waals surface area (Å²) in [5, 5.41) is 3.13. The van der Waals surface area contributed by atoms with Gasteiger partial charge in [-0.25, -0.2) is 13.8 Å². The Bertz CT molecular complexity index is 739. The smallest absolute Gasteiger partial charge is 0.128 e. The van der Waals surface area contributed by atoms with Gasteiger partial charge < -0.3 is 9.88 Å². The van der Waals surface area contributed by atoms with E-state index in [9.17, 15) is 8.78 Å². The minimum Gasteiger partial charge on any atom is -0.379 e. The third kappa shape index (κ3) is 2.91. The topological polar surface area (TPSA) is 29.9 Å². The number of para-hydroxylation sites is 2. The molecule has 21 heavy (non-hydrogen) atoms. The van der Waals surface area contributed by atoms with Gasteiger partial charge in [-0.2, -0.15) is 0 Å². The molecule has 5 heteroatoms. The second-order valence-corrected chi connectivity index (χ2v) is 4.58. The van der Waals surface area contributed by atoms with Gasteiger partial charge in [-0.15, -0.1) is 0 Å². The Hall–Kier alpha value is -2.69. The van der Waals surface area contributed by atoms with E-state index in [1.807, 2.05) is 35.0 Å². The summed E-state index contributed by atoms with van der Waals surface area (Å²) in [5.74, 6) is -0.875. The van der Waals surface area contributed by atoms with Gasteiger partial charge in [0.05, 0.1) is 17.7 Å². The first-order valence-electron chi connectivity index (χ1n) is 6.49. The number of rotatable bonds is 4. The summed E-state index contributed by atoms with van der Waals surface area (Å²) >= 11 is 0. The van der Waals surface area contributed by atoms with Crippen LogP contribution in [-0.2, 0) is 6.54 Å². The Morgan fingerprint density at radius 1 is 1.10 bits per heavy atom. The van der Waals surface area contributed by atoms with Crippen LogP contribution in [0.2, 0.25) is 0 Å². The molecule has 3 nitrogen and oxygen atoms in total. The number of aromatic nitrogens is 2. The van der Waals surface area contributed by atoms with Crippen LogP contribution in [0.1, 0.15) is 5.56 Å². The van der Waals surface area contributed by atoms with E-state index in [4.69, 9.17) is 0 Å². The van der Waals surface area contributed by atoms with Gasteiger partial charge in [-0.1, -0.05) is 12.1 Å². The number of hydrogen-bond acceptors (Lipinski definition) is 2. The van der Waals surface area contributed by atoms with Gasteiger partial charge in [0.15, 0.2) is 0 Å². The molecule has 1 N–H and O–H groups in total. The number of anilines is 1. The highest BCUT2D eigenvalue weighted by molar-refractivity contribution is 5.61. The van der Waals surface area contributed by atoms with Crippen molar-refractivity contribution in [2.45, 2.75) is 6.54 Å². The average Bonchev–Trinajstić information content (AvgIpc) is 3.03. The molecule has 0 aliphatic rings. The Kier molecular flexibility index (Phi) is 3.64. The highest BCUT2D eigenvalue weighted by Crippen LogP contribution is 2.21. The summed E-state index contributed by atoms with van der Waals surface area (Å²) in [4.78, 5) is 4.01. The lowest BCUT2D eigenvalue weighted by atomic mass is 10.2. The van der Waals surface area contributed by atoms with Crippen LogP contribution in [0.5, 0.6) is 0 Å². The fourth-order valence-electron chi connectivity index (χ4n) is 2.12. The first-order valence-corrected chi connectivity index (χ1v) is 6.49. The van der Waals surface area contributed by atoms with Crippen molar-refractivity contribution < 1.29 is 8.78 Å². The van der Waals surface area contributed by atoms with Crippen LogP contribution in [0, 0.1) is 11.6 Å². The molecule has 0 saturated carbocycles. The maximum Gasteiger partial charge on any atom is 0.128 e. The third-order valence-corrected chi connectivity index (χ3v) is 3.16. The fraction of sp³-hybridized carbons (Fsp3) is 0.0625.